The zero-order chi connectivity index (χ0) is 18.9. The van der Waals surface area contributed by atoms with E-state index < -0.39 is 7.59 Å². The summed E-state index contributed by atoms with van der Waals surface area (Å²) in [5.41, 5.74) is 2.47. The van der Waals surface area contributed by atoms with E-state index >= 15 is 0 Å². The second-order valence-electron chi connectivity index (χ2n) is 6.21. The van der Waals surface area contributed by atoms with Gasteiger partial charge in [0.2, 0.25) is 0 Å². The van der Waals surface area contributed by atoms with Gasteiger partial charge in [0.1, 0.15) is 0 Å². The molecule has 26 heavy (non-hydrogen) atoms. The Morgan fingerprint density at radius 1 is 0.615 bits per heavy atom. The first-order valence-corrected chi connectivity index (χ1v) is 9.76. The van der Waals surface area contributed by atoms with Crippen molar-refractivity contribution in [3.8, 4) is 0 Å². The van der Waals surface area contributed by atoms with Gasteiger partial charge in [-0.2, -0.15) is 0 Å². The monoisotopic (exact) mass is 447 g/mol. The Morgan fingerprint density at radius 3 is 1.08 bits per heavy atom. The second-order valence-corrected chi connectivity index (χ2v) is 9.64. The molecule has 2 radical (unpaired) electrons. The molecule has 0 N–H and O–H groups in total. The third-order valence-electron chi connectivity index (χ3n) is 3.63. The van der Waals surface area contributed by atoms with E-state index in [1.807, 2.05) is 78.7 Å². The number of hydrogen-bond acceptors (Lipinski definition) is 1. The molecule has 0 spiro atoms. The van der Waals surface area contributed by atoms with Crippen molar-refractivity contribution in [2.45, 2.75) is 0 Å². The van der Waals surface area contributed by atoms with Gasteiger partial charge in [0.25, 0.3) is 7.59 Å². The minimum atomic E-state index is -2.44. The van der Waals surface area contributed by atoms with Gasteiger partial charge in [-0.3, -0.25) is 4.57 Å². The fraction of sp³-hybridized carbons (Fsp3) is 0.300. The van der Waals surface area contributed by atoms with E-state index in [0.29, 0.717) is 0 Å². The fourth-order valence-corrected chi connectivity index (χ4v) is 4.54. The topological polar surface area (TPSA) is 26.8 Å². The summed E-state index contributed by atoms with van der Waals surface area (Å²) in [6, 6.07) is 20.6. The maximum absolute atomic E-state index is 12.1. The molecule has 0 aromatic heterocycles. The number of rotatable bonds is 5. The molecule has 4 nitrogen and oxygen atoms in total. The third kappa shape index (κ3) is 8.20. The summed E-state index contributed by atoms with van der Waals surface area (Å²) in [6.07, 6.45) is 4.24. The third-order valence-corrected chi connectivity index (χ3v) is 6.76. The van der Waals surface area contributed by atoms with Crippen molar-refractivity contribution >= 4 is 65.2 Å². The largest absolute Gasteiger partial charge is 0.285 e. The van der Waals surface area contributed by atoms with Gasteiger partial charge >= 0.3 is 0 Å². The standard InChI is InChI=1S/C14H12.C6H18N3OP.Sr/c1-3-7-13(8-4-1)11-12-14-9-5-2-6-10-14;1-7(2)11(10,8(3)4)9(5)6;/h1-12H;1-6H3;. The van der Waals surface area contributed by atoms with Crippen LogP contribution in [-0.4, -0.2) is 102 Å². The van der Waals surface area contributed by atoms with E-state index in [0.717, 1.165) is 0 Å². The normalized spacial score (nSPS) is 11.4. The molecule has 0 fully saturated rings. The Kier molecular flexibility index (Phi) is 12.9. The Hall–Kier alpha value is -0.229. The molecule has 0 heterocycles. The van der Waals surface area contributed by atoms with E-state index in [2.05, 4.69) is 36.4 Å². The molecule has 0 amide bonds. The van der Waals surface area contributed by atoms with Gasteiger partial charge in [-0.05, 0) is 53.4 Å². The van der Waals surface area contributed by atoms with Crippen molar-refractivity contribution in [1.29, 1.82) is 0 Å². The van der Waals surface area contributed by atoms with Crippen molar-refractivity contribution < 1.29 is 4.57 Å². The Bertz CT molecular complexity index is 619. The van der Waals surface area contributed by atoms with E-state index in [-0.39, 0.29) is 45.5 Å². The molecule has 138 valence electrons. The van der Waals surface area contributed by atoms with E-state index in [9.17, 15) is 4.57 Å². The Labute approximate surface area is 196 Å². The predicted molar refractivity (Wildman–Crippen MR) is 116 cm³/mol. The molecule has 0 aliphatic heterocycles. The quantitative estimate of drug-likeness (QED) is 0.389. The first-order chi connectivity index (χ1) is 11.8. The van der Waals surface area contributed by atoms with Gasteiger partial charge in [-0.25, -0.2) is 14.0 Å². The molecule has 2 rings (SSSR count). The average Bonchev–Trinajstić information content (AvgIpc) is 2.61. The van der Waals surface area contributed by atoms with Crippen molar-refractivity contribution in [3.05, 3.63) is 71.8 Å². The molecule has 0 saturated heterocycles. The van der Waals surface area contributed by atoms with Crippen LogP contribution in [0.15, 0.2) is 60.7 Å². The van der Waals surface area contributed by atoms with Crippen LogP contribution in [0.5, 0.6) is 0 Å². The summed E-state index contributed by atoms with van der Waals surface area (Å²) in [4.78, 5) is 0. The van der Waals surface area contributed by atoms with Crippen molar-refractivity contribution in [1.82, 2.24) is 14.0 Å². The van der Waals surface area contributed by atoms with E-state index in [1.165, 1.54) is 11.1 Å². The van der Waals surface area contributed by atoms with Crippen LogP contribution in [0.2, 0.25) is 0 Å². The molecule has 0 bridgehead atoms. The van der Waals surface area contributed by atoms with Gasteiger partial charge in [-0.15, -0.1) is 0 Å². The number of hydrogen-bond donors (Lipinski definition) is 0. The molecule has 2 aromatic carbocycles. The maximum atomic E-state index is 12.1. The van der Waals surface area contributed by atoms with Crippen LogP contribution < -0.4 is 0 Å². The molecule has 0 atom stereocenters. The summed E-state index contributed by atoms with van der Waals surface area (Å²) < 4.78 is 17.3. The average molecular weight is 447 g/mol. The summed E-state index contributed by atoms with van der Waals surface area (Å²) in [5, 5.41) is 0. The van der Waals surface area contributed by atoms with Gasteiger partial charge in [-0.1, -0.05) is 72.8 Å². The summed E-state index contributed by atoms with van der Waals surface area (Å²) in [6.45, 7) is 0. The zero-order valence-corrected chi connectivity index (χ0v) is 21.2. The van der Waals surface area contributed by atoms with Crippen LogP contribution in [0.1, 0.15) is 11.1 Å². The van der Waals surface area contributed by atoms with Gasteiger partial charge < -0.3 is 0 Å². The van der Waals surface area contributed by atoms with Crippen LogP contribution in [-0.2, 0) is 4.57 Å². The van der Waals surface area contributed by atoms with Crippen LogP contribution in [0.4, 0.5) is 0 Å². The molecular formula is C20H30N3OPSr. The molecular weight excluding hydrogens is 417 g/mol. The predicted octanol–water partition coefficient (Wildman–Crippen LogP) is 4.26. The van der Waals surface area contributed by atoms with Crippen LogP contribution in [0.25, 0.3) is 12.2 Å². The molecule has 6 heteroatoms. The number of nitrogens with zero attached hydrogens (tertiary/aromatic N) is 3. The smallest absolute Gasteiger partial charge is 0.270 e. The van der Waals surface area contributed by atoms with Crippen molar-refractivity contribution in [2.75, 3.05) is 42.3 Å². The van der Waals surface area contributed by atoms with Crippen LogP contribution >= 0.6 is 7.59 Å². The van der Waals surface area contributed by atoms with Gasteiger partial charge in [0.05, 0.1) is 0 Å². The van der Waals surface area contributed by atoms with Crippen LogP contribution in [0.3, 0.4) is 0 Å². The molecule has 0 aliphatic rings. The Balaban J connectivity index is 0.000000479. The first-order valence-electron chi connectivity index (χ1n) is 8.20. The van der Waals surface area contributed by atoms with Gasteiger partial charge in [0, 0.05) is 45.5 Å². The zero-order valence-electron chi connectivity index (χ0n) is 16.8. The molecule has 0 saturated carbocycles. The molecule has 0 aliphatic carbocycles. The summed E-state index contributed by atoms with van der Waals surface area (Å²) >= 11 is 0. The minimum absolute atomic E-state index is 0. The van der Waals surface area contributed by atoms with Crippen molar-refractivity contribution in [2.24, 2.45) is 0 Å². The summed E-state index contributed by atoms with van der Waals surface area (Å²) in [7, 11) is 8.49. The molecule has 2 aromatic rings. The fourth-order valence-electron chi connectivity index (χ4n) is 2.39. The van der Waals surface area contributed by atoms with Gasteiger partial charge in [0.15, 0.2) is 0 Å². The Morgan fingerprint density at radius 2 is 0.885 bits per heavy atom. The molecule has 0 unspecified atom stereocenters. The van der Waals surface area contributed by atoms with E-state index in [4.69, 9.17) is 0 Å². The van der Waals surface area contributed by atoms with Crippen LogP contribution in [0, 0.1) is 0 Å². The summed E-state index contributed by atoms with van der Waals surface area (Å²) in [5.74, 6) is 0. The SMILES string of the molecule is C(=Cc1ccccc1)c1ccccc1.CN(C)P(=O)(N(C)C)N(C)C.[Sr]. The van der Waals surface area contributed by atoms with E-state index in [1.54, 1.807) is 14.0 Å². The minimum Gasteiger partial charge on any atom is -0.270 e. The first kappa shape index (κ1) is 25.8. The maximum Gasteiger partial charge on any atom is 0.285 e. The number of benzene rings is 2. The second kappa shape index (κ2) is 13.0. The van der Waals surface area contributed by atoms with Crippen molar-refractivity contribution in [3.63, 3.8) is 0 Å².